The van der Waals surface area contributed by atoms with E-state index >= 15 is 0 Å². The largest absolute Gasteiger partial charge is 0.507 e. The van der Waals surface area contributed by atoms with Crippen molar-refractivity contribution in [3.63, 3.8) is 0 Å². The molecule has 4 aromatic rings. The van der Waals surface area contributed by atoms with E-state index in [2.05, 4.69) is 25.9 Å². The number of hydrogen-bond donors (Lipinski definition) is 2. The molecule has 4 rings (SSSR count). The number of aromatic nitrogens is 1. The Morgan fingerprint density at radius 2 is 1.78 bits per heavy atom. The van der Waals surface area contributed by atoms with Crippen molar-refractivity contribution >= 4 is 38.9 Å². The third-order valence-corrected chi connectivity index (χ3v) is 4.55. The van der Waals surface area contributed by atoms with Gasteiger partial charge in [-0.3, -0.25) is 4.99 Å². The minimum Gasteiger partial charge on any atom is -0.507 e. The number of rotatable bonds is 3. The van der Waals surface area contributed by atoms with Crippen LogP contribution in [0.2, 0.25) is 0 Å². The Kier molecular flexibility index (Phi) is 4.37. The van der Waals surface area contributed by atoms with E-state index in [1.807, 2.05) is 0 Å². The Bertz CT molecular complexity index is 1170. The summed E-state index contributed by atoms with van der Waals surface area (Å²) < 4.78 is 19.2. The molecule has 0 bridgehead atoms. The predicted molar refractivity (Wildman–Crippen MR) is 104 cm³/mol. The number of phenols is 2. The molecule has 27 heavy (non-hydrogen) atoms. The maximum atomic E-state index is 13.1. The van der Waals surface area contributed by atoms with E-state index in [1.165, 1.54) is 24.4 Å². The molecule has 0 unspecified atom stereocenters. The molecular weight excluding hydrogens is 415 g/mol. The molecule has 0 radical (unpaired) electrons. The van der Waals surface area contributed by atoms with Crippen LogP contribution in [0.3, 0.4) is 0 Å². The highest BCUT2D eigenvalue weighted by molar-refractivity contribution is 9.10. The van der Waals surface area contributed by atoms with Gasteiger partial charge in [0, 0.05) is 23.4 Å². The number of aromatic hydroxyl groups is 2. The van der Waals surface area contributed by atoms with E-state index in [9.17, 15) is 14.6 Å². The van der Waals surface area contributed by atoms with Gasteiger partial charge in [0.25, 0.3) is 0 Å². The fourth-order valence-electron chi connectivity index (χ4n) is 2.53. The van der Waals surface area contributed by atoms with Gasteiger partial charge in [-0.25, -0.2) is 9.37 Å². The first-order chi connectivity index (χ1) is 13.0. The number of oxazole rings is 1. The van der Waals surface area contributed by atoms with Gasteiger partial charge in [0.05, 0.1) is 10.2 Å². The lowest BCUT2D eigenvalue weighted by molar-refractivity contribution is 0.448. The van der Waals surface area contributed by atoms with Gasteiger partial charge in [-0.1, -0.05) is 0 Å². The predicted octanol–water partition coefficient (Wildman–Crippen LogP) is 5.56. The Morgan fingerprint density at radius 1 is 1.00 bits per heavy atom. The van der Waals surface area contributed by atoms with Crippen LogP contribution in [0, 0.1) is 5.82 Å². The molecule has 0 fully saturated rings. The molecule has 0 spiro atoms. The average Bonchev–Trinajstić information content (AvgIpc) is 3.07. The standard InChI is InChI=1S/C20H12BrFN2O3/c21-15-7-12(17(25)9-18(15)26)10-23-14-5-6-19-16(8-14)24-20(27-19)11-1-3-13(22)4-2-11/h1-10,25-26H. The number of phenolic OH excluding ortho intramolecular Hbond substituents is 2. The van der Waals surface area contributed by atoms with Crippen molar-refractivity contribution in [3.8, 4) is 23.0 Å². The van der Waals surface area contributed by atoms with Crippen LogP contribution in [-0.4, -0.2) is 21.4 Å². The molecule has 0 saturated carbocycles. The maximum absolute atomic E-state index is 13.1. The number of hydrogen-bond acceptors (Lipinski definition) is 5. The molecule has 1 heterocycles. The summed E-state index contributed by atoms with van der Waals surface area (Å²) in [7, 11) is 0. The van der Waals surface area contributed by atoms with Crippen LogP contribution in [0.5, 0.6) is 11.5 Å². The van der Waals surface area contributed by atoms with Crippen molar-refractivity contribution in [3.05, 3.63) is 70.5 Å². The normalized spacial score (nSPS) is 11.5. The monoisotopic (exact) mass is 426 g/mol. The Labute approximate surface area is 161 Å². The fraction of sp³-hybridized carbons (Fsp3) is 0. The van der Waals surface area contributed by atoms with Crippen molar-refractivity contribution in [2.75, 3.05) is 0 Å². The van der Waals surface area contributed by atoms with Gasteiger partial charge in [-0.15, -0.1) is 0 Å². The lowest BCUT2D eigenvalue weighted by atomic mass is 10.2. The summed E-state index contributed by atoms with van der Waals surface area (Å²) in [5, 5.41) is 19.4. The van der Waals surface area contributed by atoms with Gasteiger partial charge in [-0.2, -0.15) is 0 Å². The van der Waals surface area contributed by atoms with Crippen molar-refractivity contribution < 1.29 is 19.0 Å². The van der Waals surface area contributed by atoms with E-state index in [0.717, 1.165) is 0 Å². The van der Waals surface area contributed by atoms with Gasteiger partial charge in [0.2, 0.25) is 5.89 Å². The summed E-state index contributed by atoms with van der Waals surface area (Å²) >= 11 is 3.20. The number of fused-ring (bicyclic) bond motifs is 1. The zero-order chi connectivity index (χ0) is 19.0. The van der Waals surface area contributed by atoms with E-state index in [4.69, 9.17) is 4.42 Å². The first-order valence-corrected chi connectivity index (χ1v) is 8.71. The topological polar surface area (TPSA) is 78.9 Å². The molecule has 7 heteroatoms. The molecule has 134 valence electrons. The second-order valence-electron chi connectivity index (χ2n) is 5.80. The number of benzene rings is 3. The maximum Gasteiger partial charge on any atom is 0.227 e. The SMILES string of the molecule is Oc1cc(O)c(C=Nc2ccc3oc(-c4ccc(F)cc4)nc3c2)cc1Br. The Morgan fingerprint density at radius 3 is 2.56 bits per heavy atom. The Balaban J connectivity index is 1.65. The molecule has 1 aromatic heterocycles. The van der Waals surface area contributed by atoms with E-state index in [-0.39, 0.29) is 17.3 Å². The molecule has 0 aliphatic carbocycles. The van der Waals surface area contributed by atoms with Crippen LogP contribution < -0.4 is 0 Å². The fourth-order valence-corrected chi connectivity index (χ4v) is 2.89. The van der Waals surface area contributed by atoms with Crippen LogP contribution >= 0.6 is 15.9 Å². The lowest BCUT2D eigenvalue weighted by Crippen LogP contribution is -1.83. The summed E-state index contributed by atoms with van der Waals surface area (Å²) in [6, 6.07) is 13.9. The first-order valence-electron chi connectivity index (χ1n) is 7.92. The number of nitrogens with zero attached hydrogens (tertiary/aromatic N) is 2. The average molecular weight is 427 g/mol. The molecule has 0 amide bonds. The summed E-state index contributed by atoms with van der Waals surface area (Å²) in [5.41, 5.74) is 2.94. The molecular formula is C20H12BrFN2O3. The molecule has 5 nitrogen and oxygen atoms in total. The summed E-state index contributed by atoms with van der Waals surface area (Å²) in [5.74, 6) is -0.0654. The van der Waals surface area contributed by atoms with Crippen LogP contribution in [-0.2, 0) is 0 Å². The third kappa shape index (κ3) is 3.54. The summed E-state index contributed by atoms with van der Waals surface area (Å²) in [6.45, 7) is 0. The Hall–Kier alpha value is -3.19. The van der Waals surface area contributed by atoms with Crippen molar-refractivity contribution in [2.45, 2.75) is 0 Å². The van der Waals surface area contributed by atoms with E-state index in [1.54, 1.807) is 36.4 Å². The minimum atomic E-state index is -0.324. The highest BCUT2D eigenvalue weighted by atomic mass is 79.9. The van der Waals surface area contributed by atoms with Crippen molar-refractivity contribution in [1.29, 1.82) is 0 Å². The number of aliphatic imine (C=N–C) groups is 1. The molecule has 3 aromatic carbocycles. The van der Waals surface area contributed by atoms with Crippen LogP contribution in [0.4, 0.5) is 10.1 Å². The van der Waals surface area contributed by atoms with E-state index in [0.29, 0.717) is 38.3 Å². The quantitative estimate of drug-likeness (QED) is 0.420. The molecule has 0 aliphatic rings. The summed E-state index contributed by atoms with van der Waals surface area (Å²) in [4.78, 5) is 8.75. The van der Waals surface area contributed by atoms with Gasteiger partial charge >= 0.3 is 0 Å². The van der Waals surface area contributed by atoms with Gasteiger partial charge in [0.1, 0.15) is 22.8 Å². The van der Waals surface area contributed by atoms with E-state index < -0.39 is 0 Å². The molecule has 2 N–H and O–H groups in total. The van der Waals surface area contributed by atoms with Crippen LogP contribution in [0.15, 0.2) is 68.5 Å². The zero-order valence-corrected chi connectivity index (χ0v) is 15.3. The molecule has 0 aliphatic heterocycles. The van der Waals surface area contributed by atoms with Crippen LogP contribution in [0.25, 0.3) is 22.6 Å². The van der Waals surface area contributed by atoms with Crippen LogP contribution in [0.1, 0.15) is 5.56 Å². The smallest absolute Gasteiger partial charge is 0.227 e. The molecule has 0 saturated heterocycles. The second-order valence-corrected chi connectivity index (χ2v) is 6.65. The van der Waals surface area contributed by atoms with Crippen molar-refractivity contribution in [2.24, 2.45) is 4.99 Å². The van der Waals surface area contributed by atoms with Gasteiger partial charge in [-0.05, 0) is 64.5 Å². The molecule has 0 atom stereocenters. The first kappa shape index (κ1) is 17.2. The summed E-state index contributed by atoms with van der Waals surface area (Å²) in [6.07, 6.45) is 1.49. The van der Waals surface area contributed by atoms with Crippen molar-refractivity contribution in [1.82, 2.24) is 4.98 Å². The highest BCUT2D eigenvalue weighted by Crippen LogP contribution is 2.31. The van der Waals surface area contributed by atoms with Gasteiger partial charge in [0.15, 0.2) is 5.58 Å². The number of halogens is 2. The minimum absolute atomic E-state index is 0.0537. The second kappa shape index (κ2) is 6.85. The lowest BCUT2D eigenvalue weighted by Gasteiger charge is -2.02. The zero-order valence-electron chi connectivity index (χ0n) is 13.7. The van der Waals surface area contributed by atoms with Gasteiger partial charge < -0.3 is 14.6 Å². The third-order valence-electron chi connectivity index (χ3n) is 3.91. The highest BCUT2D eigenvalue weighted by Gasteiger charge is 2.09.